The SMILES string of the molecule is COc1cc(C)cc(C)c1C(C)O. The van der Waals surface area contributed by atoms with Crippen molar-refractivity contribution in [1.29, 1.82) is 0 Å². The van der Waals surface area contributed by atoms with E-state index in [1.165, 1.54) is 0 Å². The fraction of sp³-hybridized carbons (Fsp3) is 0.455. The quantitative estimate of drug-likeness (QED) is 0.757. The van der Waals surface area contributed by atoms with Gasteiger partial charge in [-0.2, -0.15) is 0 Å². The Balaban J connectivity index is 3.30. The number of ether oxygens (including phenoxy) is 1. The average molecular weight is 180 g/mol. The largest absolute Gasteiger partial charge is 0.496 e. The summed E-state index contributed by atoms with van der Waals surface area (Å²) in [5, 5.41) is 9.53. The molecule has 0 amide bonds. The first-order chi connectivity index (χ1) is 6.06. The Morgan fingerprint density at radius 2 is 1.92 bits per heavy atom. The highest BCUT2D eigenvalue weighted by atomic mass is 16.5. The second kappa shape index (κ2) is 3.79. The molecule has 0 radical (unpaired) electrons. The Morgan fingerprint density at radius 1 is 1.31 bits per heavy atom. The van der Waals surface area contributed by atoms with Gasteiger partial charge in [0.15, 0.2) is 0 Å². The lowest BCUT2D eigenvalue weighted by Gasteiger charge is -2.14. The van der Waals surface area contributed by atoms with E-state index in [0.717, 1.165) is 22.4 Å². The summed E-state index contributed by atoms with van der Waals surface area (Å²) in [6.45, 7) is 5.75. The predicted molar refractivity (Wildman–Crippen MR) is 53.1 cm³/mol. The fourth-order valence-electron chi connectivity index (χ4n) is 1.64. The monoisotopic (exact) mass is 180 g/mol. The number of aliphatic hydroxyl groups is 1. The van der Waals surface area contributed by atoms with E-state index in [1.54, 1.807) is 14.0 Å². The molecule has 13 heavy (non-hydrogen) atoms. The molecule has 1 N–H and O–H groups in total. The molecule has 0 aliphatic carbocycles. The van der Waals surface area contributed by atoms with Crippen LogP contribution in [0, 0.1) is 13.8 Å². The maximum absolute atomic E-state index is 9.53. The van der Waals surface area contributed by atoms with Gasteiger partial charge in [-0.3, -0.25) is 0 Å². The number of aliphatic hydroxyl groups excluding tert-OH is 1. The molecule has 1 aromatic rings. The van der Waals surface area contributed by atoms with Gasteiger partial charge < -0.3 is 9.84 Å². The first-order valence-electron chi connectivity index (χ1n) is 4.39. The van der Waals surface area contributed by atoms with Crippen LogP contribution in [0.5, 0.6) is 5.75 Å². The first-order valence-corrected chi connectivity index (χ1v) is 4.39. The standard InChI is InChI=1S/C11H16O2/c1-7-5-8(2)11(9(3)12)10(6-7)13-4/h5-6,9,12H,1-4H3. The Kier molecular flexibility index (Phi) is 2.94. The van der Waals surface area contributed by atoms with Gasteiger partial charge in [-0.1, -0.05) is 6.07 Å². The van der Waals surface area contributed by atoms with Crippen molar-refractivity contribution in [3.8, 4) is 5.75 Å². The Labute approximate surface area is 79.2 Å². The van der Waals surface area contributed by atoms with Crippen molar-refractivity contribution >= 4 is 0 Å². The third-order valence-electron chi connectivity index (χ3n) is 2.13. The minimum atomic E-state index is -0.476. The molecule has 1 aromatic carbocycles. The van der Waals surface area contributed by atoms with Gasteiger partial charge in [-0.25, -0.2) is 0 Å². The summed E-state index contributed by atoms with van der Waals surface area (Å²) in [4.78, 5) is 0. The van der Waals surface area contributed by atoms with Crippen molar-refractivity contribution in [1.82, 2.24) is 0 Å². The lowest BCUT2D eigenvalue weighted by atomic mass is 10.0. The van der Waals surface area contributed by atoms with Crippen LogP contribution in [-0.2, 0) is 0 Å². The molecule has 0 saturated carbocycles. The molecule has 2 heteroatoms. The van der Waals surface area contributed by atoms with Crippen molar-refractivity contribution in [2.75, 3.05) is 7.11 Å². The minimum Gasteiger partial charge on any atom is -0.496 e. The lowest BCUT2D eigenvalue weighted by Crippen LogP contribution is -2.00. The van der Waals surface area contributed by atoms with E-state index in [0.29, 0.717) is 0 Å². The van der Waals surface area contributed by atoms with E-state index >= 15 is 0 Å². The van der Waals surface area contributed by atoms with E-state index in [9.17, 15) is 5.11 Å². The first kappa shape index (κ1) is 10.1. The number of aryl methyl sites for hydroxylation is 2. The number of benzene rings is 1. The van der Waals surface area contributed by atoms with Crippen LogP contribution in [0.2, 0.25) is 0 Å². The average Bonchev–Trinajstić information content (AvgIpc) is 2.01. The highest BCUT2D eigenvalue weighted by Crippen LogP contribution is 2.29. The van der Waals surface area contributed by atoms with Gasteiger partial charge in [-0.05, 0) is 38.0 Å². The van der Waals surface area contributed by atoms with Gasteiger partial charge in [0, 0.05) is 5.56 Å². The van der Waals surface area contributed by atoms with Gasteiger partial charge >= 0.3 is 0 Å². The molecule has 1 unspecified atom stereocenters. The highest BCUT2D eigenvalue weighted by molar-refractivity contribution is 5.44. The number of rotatable bonds is 2. The lowest BCUT2D eigenvalue weighted by molar-refractivity contribution is 0.193. The van der Waals surface area contributed by atoms with Crippen LogP contribution in [0.1, 0.15) is 29.7 Å². The Morgan fingerprint density at radius 3 is 2.38 bits per heavy atom. The molecule has 0 saturated heterocycles. The molecule has 72 valence electrons. The van der Waals surface area contributed by atoms with Crippen molar-refractivity contribution in [3.63, 3.8) is 0 Å². The molecule has 1 atom stereocenters. The van der Waals surface area contributed by atoms with E-state index < -0.39 is 6.10 Å². The summed E-state index contributed by atoms with van der Waals surface area (Å²) in [7, 11) is 1.63. The van der Waals surface area contributed by atoms with Crippen LogP contribution in [0.3, 0.4) is 0 Å². The molecule has 2 nitrogen and oxygen atoms in total. The fourth-order valence-corrected chi connectivity index (χ4v) is 1.64. The maximum atomic E-state index is 9.53. The topological polar surface area (TPSA) is 29.5 Å². The normalized spacial score (nSPS) is 12.7. The van der Waals surface area contributed by atoms with Gasteiger partial charge in [0.1, 0.15) is 5.75 Å². The smallest absolute Gasteiger partial charge is 0.125 e. The molecule has 0 spiro atoms. The van der Waals surface area contributed by atoms with Gasteiger partial charge in [0.2, 0.25) is 0 Å². The second-order valence-corrected chi connectivity index (χ2v) is 3.37. The number of hydrogen-bond acceptors (Lipinski definition) is 2. The molecule has 0 aromatic heterocycles. The van der Waals surface area contributed by atoms with Crippen LogP contribution in [0.15, 0.2) is 12.1 Å². The molecule has 0 fully saturated rings. The highest BCUT2D eigenvalue weighted by Gasteiger charge is 2.11. The van der Waals surface area contributed by atoms with E-state index in [-0.39, 0.29) is 0 Å². The molecule has 0 heterocycles. The van der Waals surface area contributed by atoms with Crippen LogP contribution in [0.25, 0.3) is 0 Å². The maximum Gasteiger partial charge on any atom is 0.125 e. The Hall–Kier alpha value is -1.02. The second-order valence-electron chi connectivity index (χ2n) is 3.37. The van der Waals surface area contributed by atoms with E-state index in [1.807, 2.05) is 26.0 Å². The summed E-state index contributed by atoms with van der Waals surface area (Å²) in [5.74, 6) is 0.771. The molecule has 0 bridgehead atoms. The van der Waals surface area contributed by atoms with Gasteiger partial charge in [0.25, 0.3) is 0 Å². The molecular weight excluding hydrogens is 164 g/mol. The summed E-state index contributed by atoms with van der Waals surface area (Å²) in [6, 6.07) is 3.99. The van der Waals surface area contributed by atoms with Crippen LogP contribution >= 0.6 is 0 Å². The zero-order chi connectivity index (χ0) is 10.0. The summed E-state index contributed by atoms with van der Waals surface area (Å²) in [6.07, 6.45) is -0.476. The minimum absolute atomic E-state index is 0.476. The predicted octanol–water partition coefficient (Wildman–Crippen LogP) is 2.37. The van der Waals surface area contributed by atoms with E-state index in [4.69, 9.17) is 4.74 Å². The number of hydrogen-bond donors (Lipinski definition) is 1. The number of methoxy groups -OCH3 is 1. The van der Waals surface area contributed by atoms with E-state index in [2.05, 4.69) is 0 Å². The van der Waals surface area contributed by atoms with Crippen molar-refractivity contribution in [2.24, 2.45) is 0 Å². The van der Waals surface area contributed by atoms with Crippen molar-refractivity contribution in [2.45, 2.75) is 26.9 Å². The van der Waals surface area contributed by atoms with Crippen molar-refractivity contribution in [3.05, 3.63) is 28.8 Å². The summed E-state index contributed by atoms with van der Waals surface area (Å²) in [5.41, 5.74) is 3.11. The Bertz CT molecular complexity index is 303. The molecular formula is C11H16O2. The third-order valence-corrected chi connectivity index (χ3v) is 2.13. The van der Waals surface area contributed by atoms with Gasteiger partial charge in [0.05, 0.1) is 13.2 Å². The summed E-state index contributed by atoms with van der Waals surface area (Å²) < 4.78 is 5.21. The van der Waals surface area contributed by atoms with Crippen LogP contribution in [0.4, 0.5) is 0 Å². The van der Waals surface area contributed by atoms with Crippen LogP contribution in [-0.4, -0.2) is 12.2 Å². The third kappa shape index (κ3) is 2.01. The zero-order valence-electron chi connectivity index (χ0n) is 8.59. The molecule has 0 aliphatic rings. The molecule has 0 aliphatic heterocycles. The van der Waals surface area contributed by atoms with Crippen LogP contribution < -0.4 is 4.74 Å². The summed E-state index contributed by atoms with van der Waals surface area (Å²) >= 11 is 0. The molecule has 1 rings (SSSR count). The zero-order valence-corrected chi connectivity index (χ0v) is 8.59. The van der Waals surface area contributed by atoms with Gasteiger partial charge in [-0.15, -0.1) is 0 Å². The van der Waals surface area contributed by atoms with Crippen molar-refractivity contribution < 1.29 is 9.84 Å².